The third-order valence-electron chi connectivity index (χ3n) is 5.15. The van der Waals surface area contributed by atoms with Crippen molar-refractivity contribution in [3.63, 3.8) is 0 Å². The van der Waals surface area contributed by atoms with Crippen molar-refractivity contribution in [3.8, 4) is 0 Å². The molecule has 2 atom stereocenters. The Hall–Kier alpha value is -1.93. The van der Waals surface area contributed by atoms with E-state index in [1.807, 2.05) is 4.90 Å². The van der Waals surface area contributed by atoms with E-state index in [2.05, 4.69) is 34.4 Å². The molecule has 2 unspecified atom stereocenters. The average Bonchev–Trinajstić information content (AvgIpc) is 3.16. The number of halogens is 1. The Morgan fingerprint density at radius 3 is 2.96 bits per heavy atom. The molecule has 2 aliphatic rings. The van der Waals surface area contributed by atoms with Crippen LogP contribution in [0.5, 0.6) is 0 Å². The molecule has 0 aliphatic carbocycles. The summed E-state index contributed by atoms with van der Waals surface area (Å²) in [6.45, 7) is 12.1. The Morgan fingerprint density at radius 1 is 1.39 bits per heavy atom. The summed E-state index contributed by atoms with van der Waals surface area (Å²) in [5.74, 6) is 1.49. The SMILES string of the molecule is CCNC(=NCC(C)CN1CCOCC1)NC1CCN(c2ncccc2F)C1. The molecule has 0 spiro atoms. The number of aromatic nitrogens is 1. The van der Waals surface area contributed by atoms with Crippen molar-refractivity contribution in [2.24, 2.45) is 10.9 Å². The molecule has 0 radical (unpaired) electrons. The molecule has 0 amide bonds. The smallest absolute Gasteiger partial charge is 0.191 e. The van der Waals surface area contributed by atoms with Crippen LogP contribution in [0.4, 0.5) is 10.2 Å². The number of nitrogens with one attached hydrogen (secondary N) is 2. The van der Waals surface area contributed by atoms with Crippen LogP contribution in [0.2, 0.25) is 0 Å². The van der Waals surface area contributed by atoms with E-state index in [1.54, 1.807) is 12.3 Å². The Labute approximate surface area is 167 Å². The first-order valence-electron chi connectivity index (χ1n) is 10.4. The van der Waals surface area contributed by atoms with Crippen molar-refractivity contribution < 1.29 is 9.13 Å². The number of aliphatic imine (C=N–C) groups is 1. The number of anilines is 1. The molecule has 156 valence electrons. The predicted molar refractivity (Wildman–Crippen MR) is 110 cm³/mol. The average molecular weight is 393 g/mol. The van der Waals surface area contributed by atoms with Gasteiger partial charge >= 0.3 is 0 Å². The fraction of sp³-hybridized carbons (Fsp3) is 0.700. The van der Waals surface area contributed by atoms with Gasteiger partial charge in [-0.3, -0.25) is 9.89 Å². The summed E-state index contributed by atoms with van der Waals surface area (Å²) in [4.78, 5) is 13.4. The molecule has 7 nitrogen and oxygen atoms in total. The maximum absolute atomic E-state index is 14.0. The number of ether oxygens (including phenoxy) is 1. The van der Waals surface area contributed by atoms with Gasteiger partial charge in [0.1, 0.15) is 0 Å². The van der Waals surface area contributed by atoms with Crippen LogP contribution in [0.15, 0.2) is 23.3 Å². The maximum Gasteiger partial charge on any atom is 0.191 e. The van der Waals surface area contributed by atoms with Crippen molar-refractivity contribution in [2.45, 2.75) is 26.3 Å². The van der Waals surface area contributed by atoms with E-state index in [1.165, 1.54) is 6.07 Å². The van der Waals surface area contributed by atoms with Crippen molar-refractivity contribution in [1.82, 2.24) is 20.5 Å². The van der Waals surface area contributed by atoms with Gasteiger partial charge in [0.2, 0.25) is 0 Å². The van der Waals surface area contributed by atoms with Gasteiger partial charge < -0.3 is 20.3 Å². The predicted octanol–water partition coefficient (Wildman–Crippen LogP) is 1.32. The van der Waals surface area contributed by atoms with Crippen LogP contribution in [0, 0.1) is 11.7 Å². The van der Waals surface area contributed by atoms with Gasteiger partial charge in [0.05, 0.1) is 13.2 Å². The molecule has 1 aromatic rings. The van der Waals surface area contributed by atoms with Crippen LogP contribution in [0.1, 0.15) is 20.3 Å². The van der Waals surface area contributed by atoms with E-state index in [9.17, 15) is 4.39 Å². The first-order valence-corrected chi connectivity index (χ1v) is 10.4. The number of hydrogen-bond donors (Lipinski definition) is 2. The fourth-order valence-corrected chi connectivity index (χ4v) is 3.72. The van der Waals surface area contributed by atoms with Gasteiger partial charge in [-0.25, -0.2) is 9.37 Å². The molecular formula is C20H33FN6O. The van der Waals surface area contributed by atoms with E-state index in [0.717, 1.165) is 71.4 Å². The third-order valence-corrected chi connectivity index (χ3v) is 5.15. The number of morpholine rings is 1. The molecule has 28 heavy (non-hydrogen) atoms. The summed E-state index contributed by atoms with van der Waals surface area (Å²) in [5.41, 5.74) is 0. The number of rotatable bonds is 7. The second kappa shape index (κ2) is 10.6. The molecule has 2 saturated heterocycles. The molecule has 2 aliphatic heterocycles. The van der Waals surface area contributed by atoms with E-state index < -0.39 is 0 Å². The Morgan fingerprint density at radius 2 is 2.21 bits per heavy atom. The highest BCUT2D eigenvalue weighted by atomic mass is 19.1. The van der Waals surface area contributed by atoms with E-state index >= 15 is 0 Å². The van der Waals surface area contributed by atoms with Crippen LogP contribution in [-0.4, -0.2) is 80.9 Å². The van der Waals surface area contributed by atoms with Crippen LogP contribution in [-0.2, 0) is 4.74 Å². The van der Waals surface area contributed by atoms with Gasteiger partial charge in [0.15, 0.2) is 17.6 Å². The van der Waals surface area contributed by atoms with Crippen molar-refractivity contribution in [1.29, 1.82) is 0 Å². The number of pyridine rings is 1. The molecule has 3 heterocycles. The first kappa shape index (κ1) is 20.8. The van der Waals surface area contributed by atoms with Crippen LogP contribution < -0.4 is 15.5 Å². The van der Waals surface area contributed by atoms with Crippen LogP contribution in [0.3, 0.4) is 0 Å². The minimum Gasteiger partial charge on any atom is -0.379 e. The number of hydrogen-bond acceptors (Lipinski definition) is 5. The van der Waals surface area contributed by atoms with Crippen LogP contribution in [0.25, 0.3) is 0 Å². The van der Waals surface area contributed by atoms with Crippen molar-refractivity contribution in [3.05, 3.63) is 24.1 Å². The van der Waals surface area contributed by atoms with E-state index in [0.29, 0.717) is 11.7 Å². The van der Waals surface area contributed by atoms with E-state index in [-0.39, 0.29) is 11.9 Å². The van der Waals surface area contributed by atoms with Crippen molar-refractivity contribution in [2.75, 3.05) is 63.9 Å². The van der Waals surface area contributed by atoms with Gasteiger partial charge in [-0.1, -0.05) is 6.92 Å². The lowest BCUT2D eigenvalue weighted by Crippen LogP contribution is -2.45. The zero-order chi connectivity index (χ0) is 19.8. The largest absolute Gasteiger partial charge is 0.379 e. The summed E-state index contributed by atoms with van der Waals surface area (Å²) in [6, 6.07) is 3.32. The summed E-state index contributed by atoms with van der Waals surface area (Å²) in [6.07, 6.45) is 2.57. The summed E-state index contributed by atoms with van der Waals surface area (Å²) >= 11 is 0. The number of nitrogens with zero attached hydrogens (tertiary/aromatic N) is 4. The van der Waals surface area contributed by atoms with Gasteiger partial charge in [-0.05, 0) is 31.4 Å². The Bertz CT molecular complexity index is 637. The molecule has 0 aromatic carbocycles. The highest BCUT2D eigenvalue weighted by Crippen LogP contribution is 2.20. The van der Waals surface area contributed by atoms with Crippen LogP contribution >= 0.6 is 0 Å². The Balaban J connectivity index is 1.49. The quantitative estimate of drug-likeness (QED) is 0.539. The molecule has 8 heteroatoms. The molecular weight excluding hydrogens is 359 g/mol. The topological polar surface area (TPSA) is 65.0 Å². The Kier molecular flexibility index (Phi) is 7.85. The van der Waals surface area contributed by atoms with Gasteiger partial charge in [-0.15, -0.1) is 0 Å². The molecule has 0 saturated carbocycles. The second-order valence-electron chi connectivity index (χ2n) is 7.62. The summed E-state index contributed by atoms with van der Waals surface area (Å²) in [5, 5.41) is 6.84. The van der Waals surface area contributed by atoms with Gasteiger partial charge in [0, 0.05) is 58.1 Å². The van der Waals surface area contributed by atoms with Gasteiger partial charge in [0.25, 0.3) is 0 Å². The third kappa shape index (κ3) is 6.04. The fourth-order valence-electron chi connectivity index (χ4n) is 3.72. The molecule has 2 fully saturated rings. The lowest BCUT2D eigenvalue weighted by atomic mass is 10.1. The highest BCUT2D eigenvalue weighted by molar-refractivity contribution is 5.80. The zero-order valence-corrected chi connectivity index (χ0v) is 17.0. The van der Waals surface area contributed by atoms with Gasteiger partial charge in [-0.2, -0.15) is 0 Å². The second-order valence-corrected chi connectivity index (χ2v) is 7.62. The normalized spacial score (nSPS) is 22.3. The number of guanidine groups is 1. The molecule has 1 aromatic heterocycles. The minimum atomic E-state index is -0.263. The lowest BCUT2D eigenvalue weighted by molar-refractivity contribution is 0.0323. The highest BCUT2D eigenvalue weighted by Gasteiger charge is 2.26. The first-order chi connectivity index (χ1) is 13.7. The lowest BCUT2D eigenvalue weighted by Gasteiger charge is -2.28. The minimum absolute atomic E-state index is 0.230. The molecule has 2 N–H and O–H groups in total. The monoisotopic (exact) mass is 392 g/mol. The molecule has 0 bridgehead atoms. The van der Waals surface area contributed by atoms with Crippen molar-refractivity contribution >= 4 is 11.8 Å². The maximum atomic E-state index is 14.0. The van der Waals surface area contributed by atoms with E-state index in [4.69, 9.17) is 9.73 Å². The summed E-state index contributed by atoms with van der Waals surface area (Å²) in [7, 11) is 0. The standard InChI is InChI=1S/C20H33FN6O/c1-3-22-20(24-13-16(2)14-26-9-11-28-12-10-26)25-17-6-8-27(15-17)19-18(21)5-4-7-23-19/h4-5,7,16-17H,3,6,8-15H2,1-2H3,(H2,22,24,25). The zero-order valence-electron chi connectivity index (χ0n) is 17.0. The summed E-state index contributed by atoms with van der Waals surface area (Å²) < 4.78 is 19.4. The molecule has 3 rings (SSSR count).